The number of aromatic nitrogens is 1. The van der Waals surface area contributed by atoms with E-state index >= 15 is 0 Å². The molecule has 5 nitrogen and oxygen atoms in total. The van der Waals surface area contributed by atoms with E-state index in [4.69, 9.17) is 4.42 Å². The number of benzene rings is 2. The lowest BCUT2D eigenvalue weighted by Gasteiger charge is -2.24. The molecular weight excluding hydrogens is 338 g/mol. The summed E-state index contributed by atoms with van der Waals surface area (Å²) in [4.78, 5) is 18.9. The lowest BCUT2D eigenvalue weighted by molar-refractivity contribution is 0.102. The van der Waals surface area contributed by atoms with E-state index in [1.807, 2.05) is 48.5 Å². The van der Waals surface area contributed by atoms with Gasteiger partial charge in [-0.25, -0.2) is 4.98 Å². The number of rotatable bonds is 7. The first-order valence-corrected chi connectivity index (χ1v) is 9.20. The maximum absolute atomic E-state index is 12.6. The molecule has 0 aliphatic heterocycles. The van der Waals surface area contributed by atoms with Gasteiger partial charge in [0.15, 0.2) is 12.2 Å². The van der Waals surface area contributed by atoms with Crippen LogP contribution in [0.15, 0.2) is 65.5 Å². The second kappa shape index (κ2) is 8.64. The van der Waals surface area contributed by atoms with Crippen LogP contribution in [0.3, 0.4) is 0 Å². The first-order valence-electron chi connectivity index (χ1n) is 9.20. The van der Waals surface area contributed by atoms with Crippen LogP contribution < -0.4 is 5.32 Å². The molecule has 0 saturated heterocycles. The van der Waals surface area contributed by atoms with Crippen molar-refractivity contribution in [2.24, 2.45) is 0 Å². The average Bonchev–Trinajstić information content (AvgIpc) is 3.21. The zero-order valence-corrected chi connectivity index (χ0v) is 16.0. The van der Waals surface area contributed by atoms with Gasteiger partial charge >= 0.3 is 0 Å². The quantitative estimate of drug-likeness (QED) is 0.653. The molecule has 2 aromatic carbocycles. The zero-order valence-electron chi connectivity index (χ0n) is 16.0. The van der Waals surface area contributed by atoms with Crippen LogP contribution in [0.5, 0.6) is 0 Å². The van der Waals surface area contributed by atoms with Crippen molar-refractivity contribution in [1.29, 1.82) is 0 Å². The highest BCUT2D eigenvalue weighted by molar-refractivity contribution is 6.04. The molecule has 1 aromatic heterocycles. The molecule has 5 heteroatoms. The smallest absolute Gasteiger partial charge is 0.255 e. The Kier molecular flexibility index (Phi) is 6.04. The van der Waals surface area contributed by atoms with Gasteiger partial charge in [-0.05, 0) is 50.2 Å². The summed E-state index contributed by atoms with van der Waals surface area (Å²) in [6.45, 7) is 8.43. The number of anilines is 1. The van der Waals surface area contributed by atoms with Crippen molar-refractivity contribution in [3.63, 3.8) is 0 Å². The lowest BCUT2D eigenvalue weighted by atomic mass is 10.1. The van der Waals surface area contributed by atoms with Gasteiger partial charge in [0.2, 0.25) is 0 Å². The summed E-state index contributed by atoms with van der Waals surface area (Å²) in [5.41, 5.74) is 3.43. The van der Waals surface area contributed by atoms with Crippen molar-refractivity contribution >= 4 is 11.6 Å². The second-order valence-electron chi connectivity index (χ2n) is 6.75. The van der Waals surface area contributed by atoms with E-state index in [9.17, 15) is 4.79 Å². The van der Waals surface area contributed by atoms with Crippen molar-refractivity contribution < 1.29 is 9.21 Å². The standard InChI is InChI=1S/C22H25N3O2/c1-4-25(16(2)3)14-17-8-10-18(11-9-17)22(26)24-20-7-5-6-19(12-20)21-13-23-15-27-21/h5-13,15-16H,4,14H2,1-3H3,(H,24,26). The molecule has 1 N–H and O–H groups in total. The maximum atomic E-state index is 12.6. The number of amides is 1. The van der Waals surface area contributed by atoms with Gasteiger partial charge in [0.25, 0.3) is 5.91 Å². The summed E-state index contributed by atoms with van der Waals surface area (Å²) >= 11 is 0. The monoisotopic (exact) mass is 363 g/mol. The highest BCUT2D eigenvalue weighted by Gasteiger charge is 2.10. The molecule has 140 valence electrons. The number of hydrogen-bond donors (Lipinski definition) is 1. The minimum absolute atomic E-state index is 0.132. The largest absolute Gasteiger partial charge is 0.444 e. The van der Waals surface area contributed by atoms with Crippen LogP contribution in [0.1, 0.15) is 36.7 Å². The molecule has 0 radical (unpaired) electrons. The summed E-state index contributed by atoms with van der Waals surface area (Å²) in [5.74, 6) is 0.536. The first-order chi connectivity index (χ1) is 13.1. The van der Waals surface area contributed by atoms with E-state index in [1.54, 1.807) is 6.20 Å². The van der Waals surface area contributed by atoms with Crippen molar-refractivity contribution in [2.45, 2.75) is 33.4 Å². The predicted molar refractivity (Wildman–Crippen MR) is 108 cm³/mol. The van der Waals surface area contributed by atoms with Crippen molar-refractivity contribution in [3.05, 3.63) is 72.2 Å². The summed E-state index contributed by atoms with van der Waals surface area (Å²) in [5, 5.41) is 2.94. The third-order valence-electron chi connectivity index (χ3n) is 4.58. The lowest BCUT2D eigenvalue weighted by Crippen LogP contribution is -2.29. The molecule has 3 rings (SSSR count). The van der Waals surface area contributed by atoms with Crippen LogP contribution in [-0.2, 0) is 6.54 Å². The Hall–Kier alpha value is -2.92. The van der Waals surface area contributed by atoms with Crippen molar-refractivity contribution in [3.8, 4) is 11.3 Å². The van der Waals surface area contributed by atoms with Crippen LogP contribution >= 0.6 is 0 Å². The summed E-state index contributed by atoms with van der Waals surface area (Å²) in [7, 11) is 0. The van der Waals surface area contributed by atoms with Crippen molar-refractivity contribution in [1.82, 2.24) is 9.88 Å². The van der Waals surface area contributed by atoms with E-state index in [0.29, 0.717) is 17.4 Å². The molecule has 0 fully saturated rings. The molecule has 0 aliphatic rings. The maximum Gasteiger partial charge on any atom is 0.255 e. The number of nitrogens with zero attached hydrogens (tertiary/aromatic N) is 2. The van der Waals surface area contributed by atoms with Gasteiger partial charge in [0, 0.05) is 29.4 Å². The third-order valence-corrected chi connectivity index (χ3v) is 4.58. The number of nitrogens with one attached hydrogen (secondary N) is 1. The fourth-order valence-corrected chi connectivity index (χ4v) is 2.97. The summed E-state index contributed by atoms with van der Waals surface area (Å²) in [6, 6.07) is 15.8. The first kappa shape index (κ1) is 18.9. The molecular formula is C22H25N3O2. The normalized spacial score (nSPS) is 11.1. The number of oxazole rings is 1. The van der Waals surface area contributed by atoms with E-state index in [1.165, 1.54) is 12.0 Å². The van der Waals surface area contributed by atoms with Crippen LogP contribution in [0.4, 0.5) is 5.69 Å². The van der Waals surface area contributed by atoms with Gasteiger partial charge in [-0.15, -0.1) is 0 Å². The molecule has 3 aromatic rings. The molecule has 0 spiro atoms. The topological polar surface area (TPSA) is 58.4 Å². The summed E-state index contributed by atoms with van der Waals surface area (Å²) in [6.07, 6.45) is 3.04. The van der Waals surface area contributed by atoms with E-state index in [-0.39, 0.29) is 5.91 Å². The van der Waals surface area contributed by atoms with Crippen LogP contribution in [-0.4, -0.2) is 28.4 Å². The third kappa shape index (κ3) is 4.83. The molecule has 0 unspecified atom stereocenters. The highest BCUT2D eigenvalue weighted by atomic mass is 16.3. The van der Waals surface area contributed by atoms with Crippen LogP contribution in [0.25, 0.3) is 11.3 Å². The number of carbonyl (C=O) groups is 1. The molecule has 1 amide bonds. The Bertz CT molecular complexity index is 871. The Morgan fingerprint density at radius 3 is 2.59 bits per heavy atom. The Morgan fingerprint density at radius 1 is 1.19 bits per heavy atom. The minimum Gasteiger partial charge on any atom is -0.444 e. The van der Waals surface area contributed by atoms with E-state index < -0.39 is 0 Å². The Balaban J connectivity index is 1.67. The molecule has 0 saturated carbocycles. The van der Waals surface area contributed by atoms with E-state index in [0.717, 1.165) is 24.3 Å². The highest BCUT2D eigenvalue weighted by Crippen LogP contribution is 2.22. The number of hydrogen-bond acceptors (Lipinski definition) is 4. The van der Waals surface area contributed by atoms with Crippen LogP contribution in [0.2, 0.25) is 0 Å². The van der Waals surface area contributed by atoms with Gasteiger partial charge in [-0.2, -0.15) is 0 Å². The molecule has 0 atom stereocenters. The van der Waals surface area contributed by atoms with Crippen molar-refractivity contribution in [2.75, 3.05) is 11.9 Å². The Morgan fingerprint density at radius 2 is 1.96 bits per heavy atom. The van der Waals surface area contributed by atoms with Crippen LogP contribution in [0, 0.1) is 0 Å². The molecule has 1 heterocycles. The molecule has 0 bridgehead atoms. The van der Waals surface area contributed by atoms with E-state index in [2.05, 4.69) is 36.0 Å². The average molecular weight is 363 g/mol. The second-order valence-corrected chi connectivity index (χ2v) is 6.75. The SMILES string of the molecule is CCN(Cc1ccc(C(=O)Nc2cccc(-c3cnco3)c2)cc1)C(C)C. The molecule has 27 heavy (non-hydrogen) atoms. The fourth-order valence-electron chi connectivity index (χ4n) is 2.97. The fraction of sp³-hybridized carbons (Fsp3) is 0.273. The minimum atomic E-state index is -0.132. The predicted octanol–water partition coefficient (Wildman–Crippen LogP) is 4.82. The van der Waals surface area contributed by atoms with Gasteiger partial charge in [-0.3, -0.25) is 9.69 Å². The van der Waals surface area contributed by atoms with Gasteiger partial charge in [0.1, 0.15) is 0 Å². The van der Waals surface area contributed by atoms with Gasteiger partial charge in [-0.1, -0.05) is 31.2 Å². The number of carbonyl (C=O) groups excluding carboxylic acids is 1. The Labute approximate surface area is 160 Å². The zero-order chi connectivity index (χ0) is 19.2. The van der Waals surface area contributed by atoms with Gasteiger partial charge in [0.05, 0.1) is 6.20 Å². The molecule has 0 aliphatic carbocycles. The van der Waals surface area contributed by atoms with Gasteiger partial charge < -0.3 is 9.73 Å². The summed E-state index contributed by atoms with van der Waals surface area (Å²) < 4.78 is 5.31.